The molecular weight excluding hydrogens is 426 g/mol. The third kappa shape index (κ3) is 4.62. The quantitative estimate of drug-likeness (QED) is 0.505. The first-order valence-corrected chi connectivity index (χ1v) is 10.7. The zero-order valence-electron chi connectivity index (χ0n) is 18.4. The number of aryl methyl sites for hydroxylation is 1. The summed E-state index contributed by atoms with van der Waals surface area (Å²) in [5.74, 6) is 0.213. The zero-order valence-corrected chi connectivity index (χ0v) is 18.4. The number of benzene rings is 2. The first kappa shape index (κ1) is 22.2. The Morgan fingerprint density at radius 2 is 1.85 bits per heavy atom. The molecule has 1 unspecified atom stereocenters. The summed E-state index contributed by atoms with van der Waals surface area (Å²) in [6.45, 7) is 4.45. The Balaban J connectivity index is 1.46. The molecule has 0 radical (unpaired) electrons. The highest BCUT2D eigenvalue weighted by atomic mass is 16.7. The molecule has 2 aromatic carbocycles. The molecule has 0 bridgehead atoms. The van der Waals surface area contributed by atoms with Crippen molar-refractivity contribution < 1.29 is 24.2 Å². The van der Waals surface area contributed by atoms with Crippen molar-refractivity contribution in [1.82, 2.24) is 15.2 Å². The number of aromatic hydroxyl groups is 1. The summed E-state index contributed by atoms with van der Waals surface area (Å²) < 4.78 is 12.6. The molecule has 1 aliphatic rings. The van der Waals surface area contributed by atoms with Crippen LogP contribution in [0.4, 0.5) is 0 Å². The predicted octanol–water partition coefficient (Wildman–Crippen LogP) is 1.93. The number of carbonyl (C=O) groups excluding carboxylic acids is 2. The molecule has 3 aromatic rings. The van der Waals surface area contributed by atoms with Gasteiger partial charge in [-0.1, -0.05) is 12.1 Å². The lowest BCUT2D eigenvalue weighted by atomic mass is 10.1. The van der Waals surface area contributed by atoms with Crippen molar-refractivity contribution in [1.29, 1.82) is 0 Å². The Morgan fingerprint density at radius 3 is 2.55 bits per heavy atom. The van der Waals surface area contributed by atoms with E-state index in [0.29, 0.717) is 41.9 Å². The number of nitrogens with one attached hydrogen (secondary N) is 2. The van der Waals surface area contributed by atoms with Crippen molar-refractivity contribution >= 4 is 22.7 Å². The summed E-state index contributed by atoms with van der Waals surface area (Å²) >= 11 is 0. The van der Waals surface area contributed by atoms with Gasteiger partial charge in [0.25, 0.3) is 5.91 Å². The molecule has 1 aromatic heterocycles. The minimum absolute atomic E-state index is 0.0491. The first-order chi connectivity index (χ1) is 15.9. The average Bonchev–Trinajstić information content (AvgIpc) is 3.27. The van der Waals surface area contributed by atoms with Crippen molar-refractivity contribution in [2.45, 2.75) is 32.9 Å². The number of hydrogen-bond acceptors (Lipinski definition) is 6. The summed E-state index contributed by atoms with van der Waals surface area (Å²) in [6.07, 6.45) is 2.08. The van der Waals surface area contributed by atoms with Gasteiger partial charge in [-0.25, -0.2) is 0 Å². The Bertz CT molecular complexity index is 1270. The van der Waals surface area contributed by atoms with E-state index in [2.05, 4.69) is 10.6 Å². The van der Waals surface area contributed by atoms with Crippen LogP contribution in [0.2, 0.25) is 0 Å². The lowest BCUT2D eigenvalue weighted by Crippen LogP contribution is -2.46. The molecule has 2 amide bonds. The maximum atomic E-state index is 13.1. The highest BCUT2D eigenvalue weighted by Crippen LogP contribution is 2.35. The van der Waals surface area contributed by atoms with Crippen LogP contribution in [0.15, 0.2) is 47.4 Å². The minimum atomic E-state index is -0.834. The van der Waals surface area contributed by atoms with Crippen LogP contribution in [0.1, 0.15) is 29.8 Å². The summed E-state index contributed by atoms with van der Waals surface area (Å²) in [7, 11) is 0. The number of phenolic OH excluding ortho intramolecular Hbond substituents is 1. The van der Waals surface area contributed by atoms with Crippen molar-refractivity contribution in [3.8, 4) is 17.2 Å². The normalized spacial score (nSPS) is 13.0. The number of amides is 2. The van der Waals surface area contributed by atoms with E-state index in [9.17, 15) is 19.5 Å². The third-order valence-corrected chi connectivity index (χ3v) is 5.55. The number of nitrogens with zero attached hydrogens (tertiary/aromatic N) is 1. The molecule has 2 heterocycles. The van der Waals surface area contributed by atoms with E-state index in [0.717, 1.165) is 5.56 Å². The van der Waals surface area contributed by atoms with Crippen LogP contribution in [0.25, 0.3) is 10.9 Å². The summed E-state index contributed by atoms with van der Waals surface area (Å²) in [6, 6.07) is 9.20. The van der Waals surface area contributed by atoms with Gasteiger partial charge in [-0.05, 0) is 44.0 Å². The molecule has 172 valence electrons. The van der Waals surface area contributed by atoms with E-state index in [-0.39, 0.29) is 24.0 Å². The molecule has 9 nitrogen and oxygen atoms in total. The minimum Gasteiger partial charge on any atom is -0.508 e. The standard InChI is InChI=1S/C24H25N3O6/c1-3-27-12-18(22(29)17-10-20-21(11-19(17)27)33-13-32-20)24(31)26-14(2)23(30)25-9-8-15-4-6-16(28)7-5-15/h4-7,10-12,14,28H,3,8-9,13H2,1-2H3,(H,25,30)(H,26,31). The van der Waals surface area contributed by atoms with Gasteiger partial charge < -0.3 is 29.8 Å². The van der Waals surface area contributed by atoms with E-state index >= 15 is 0 Å². The SMILES string of the molecule is CCn1cc(C(=O)NC(C)C(=O)NCCc2ccc(O)cc2)c(=O)c2cc3c(cc21)OCO3. The fourth-order valence-electron chi connectivity index (χ4n) is 3.69. The molecule has 0 aliphatic carbocycles. The second-order valence-corrected chi connectivity index (χ2v) is 7.78. The largest absolute Gasteiger partial charge is 0.508 e. The molecule has 1 aliphatic heterocycles. The third-order valence-electron chi connectivity index (χ3n) is 5.55. The van der Waals surface area contributed by atoms with Crippen molar-refractivity contribution in [3.05, 3.63) is 63.9 Å². The Kier molecular flexibility index (Phi) is 6.21. The van der Waals surface area contributed by atoms with Gasteiger partial charge >= 0.3 is 0 Å². The van der Waals surface area contributed by atoms with Gasteiger partial charge in [0.2, 0.25) is 18.1 Å². The summed E-state index contributed by atoms with van der Waals surface area (Å²) in [5, 5.41) is 15.0. The summed E-state index contributed by atoms with van der Waals surface area (Å²) in [4.78, 5) is 38.3. The first-order valence-electron chi connectivity index (χ1n) is 10.7. The Labute approximate surface area is 189 Å². The van der Waals surface area contributed by atoms with Crippen LogP contribution in [-0.2, 0) is 17.8 Å². The van der Waals surface area contributed by atoms with Gasteiger partial charge in [0.1, 0.15) is 17.4 Å². The lowest BCUT2D eigenvalue weighted by molar-refractivity contribution is -0.122. The fraction of sp³-hybridized carbons (Fsp3) is 0.292. The van der Waals surface area contributed by atoms with Crippen molar-refractivity contribution in [3.63, 3.8) is 0 Å². The number of aromatic nitrogens is 1. The summed E-state index contributed by atoms with van der Waals surface area (Å²) in [5.41, 5.74) is 1.11. The van der Waals surface area contributed by atoms with Crippen LogP contribution >= 0.6 is 0 Å². The molecule has 33 heavy (non-hydrogen) atoms. The molecular formula is C24H25N3O6. The zero-order chi connectivity index (χ0) is 23.5. The number of hydrogen-bond donors (Lipinski definition) is 3. The number of pyridine rings is 1. The van der Waals surface area contributed by atoms with Gasteiger partial charge in [-0.3, -0.25) is 14.4 Å². The average molecular weight is 451 g/mol. The topological polar surface area (TPSA) is 119 Å². The number of carbonyl (C=O) groups is 2. The monoisotopic (exact) mass is 451 g/mol. The van der Waals surface area contributed by atoms with Gasteiger partial charge in [0.15, 0.2) is 11.5 Å². The van der Waals surface area contributed by atoms with Gasteiger partial charge in [0, 0.05) is 25.4 Å². The number of phenols is 1. The highest BCUT2D eigenvalue weighted by Gasteiger charge is 2.22. The molecule has 1 atom stereocenters. The maximum Gasteiger partial charge on any atom is 0.257 e. The van der Waals surface area contributed by atoms with E-state index < -0.39 is 17.4 Å². The van der Waals surface area contributed by atoms with Crippen LogP contribution in [0, 0.1) is 0 Å². The molecule has 0 fully saturated rings. The van der Waals surface area contributed by atoms with E-state index in [1.165, 1.54) is 6.20 Å². The fourth-order valence-corrected chi connectivity index (χ4v) is 3.69. The number of rotatable bonds is 7. The second kappa shape index (κ2) is 9.23. The van der Waals surface area contributed by atoms with Crippen LogP contribution in [0.3, 0.4) is 0 Å². The number of fused-ring (bicyclic) bond motifs is 2. The molecule has 0 saturated heterocycles. The van der Waals surface area contributed by atoms with Crippen molar-refractivity contribution in [2.75, 3.05) is 13.3 Å². The van der Waals surface area contributed by atoms with Crippen molar-refractivity contribution in [2.24, 2.45) is 0 Å². The van der Waals surface area contributed by atoms with Gasteiger partial charge in [-0.2, -0.15) is 0 Å². The lowest BCUT2D eigenvalue weighted by Gasteiger charge is -2.16. The highest BCUT2D eigenvalue weighted by molar-refractivity contribution is 6.00. The van der Waals surface area contributed by atoms with Gasteiger partial charge in [-0.15, -0.1) is 0 Å². The molecule has 9 heteroatoms. The smallest absolute Gasteiger partial charge is 0.257 e. The molecule has 0 saturated carbocycles. The van der Waals surface area contributed by atoms with E-state index in [4.69, 9.17) is 9.47 Å². The maximum absolute atomic E-state index is 13.1. The Morgan fingerprint density at radius 1 is 1.15 bits per heavy atom. The second-order valence-electron chi connectivity index (χ2n) is 7.78. The molecule has 4 rings (SSSR count). The van der Waals surface area contributed by atoms with E-state index in [1.807, 2.05) is 6.92 Å². The molecule has 3 N–H and O–H groups in total. The molecule has 0 spiro atoms. The van der Waals surface area contributed by atoms with Crippen LogP contribution < -0.4 is 25.5 Å². The van der Waals surface area contributed by atoms with Crippen LogP contribution in [0.5, 0.6) is 17.2 Å². The Hall–Kier alpha value is -4.01. The van der Waals surface area contributed by atoms with Gasteiger partial charge in [0.05, 0.1) is 10.9 Å². The van der Waals surface area contributed by atoms with E-state index in [1.54, 1.807) is 47.9 Å². The van der Waals surface area contributed by atoms with Crippen LogP contribution in [-0.4, -0.2) is 40.9 Å². The number of ether oxygens (including phenoxy) is 2. The predicted molar refractivity (Wildman–Crippen MR) is 122 cm³/mol.